The molecule has 1 heterocycles. The summed E-state index contributed by atoms with van der Waals surface area (Å²) in [4.78, 5) is 24.7. The normalized spacial score (nSPS) is 18.9. The molecule has 0 bridgehead atoms. The maximum atomic E-state index is 12.2. The van der Waals surface area contributed by atoms with Crippen LogP contribution in [0.1, 0.15) is 12.0 Å². The minimum atomic E-state index is -1.01. The number of carboxylic acid groups (broad SMARTS) is 1. The number of nitrogens with zero attached hydrogens (tertiary/aromatic N) is 1. The molecule has 20 heavy (non-hydrogen) atoms. The van der Waals surface area contributed by atoms with Crippen molar-refractivity contribution < 1.29 is 19.4 Å². The van der Waals surface area contributed by atoms with Gasteiger partial charge in [0.05, 0.1) is 13.2 Å². The molecule has 0 spiro atoms. The van der Waals surface area contributed by atoms with Crippen molar-refractivity contribution in [2.45, 2.75) is 18.9 Å². The van der Waals surface area contributed by atoms with Crippen LogP contribution in [0, 0.1) is 0 Å². The molecule has 1 aromatic rings. The van der Waals surface area contributed by atoms with Gasteiger partial charge in [-0.05, 0) is 24.1 Å². The zero-order valence-electron chi connectivity index (χ0n) is 10.9. The molecule has 108 valence electrons. The van der Waals surface area contributed by atoms with Crippen LogP contribution in [0.3, 0.4) is 0 Å². The third kappa shape index (κ3) is 3.80. The summed E-state index contributed by atoms with van der Waals surface area (Å²) in [5, 5.41) is 9.09. The average molecular weight is 342 g/mol. The second-order valence-corrected chi connectivity index (χ2v) is 5.56. The van der Waals surface area contributed by atoms with Crippen LogP contribution >= 0.6 is 15.9 Å². The van der Waals surface area contributed by atoms with Gasteiger partial charge >= 0.3 is 5.97 Å². The Morgan fingerprint density at radius 1 is 1.35 bits per heavy atom. The number of ether oxygens (including phenoxy) is 1. The summed E-state index contributed by atoms with van der Waals surface area (Å²) in [5.74, 6) is -1.15. The highest BCUT2D eigenvalue weighted by Gasteiger charge is 2.32. The Hall–Kier alpha value is -1.40. The molecular formula is C14H16BrNO4. The van der Waals surface area contributed by atoms with E-state index in [9.17, 15) is 9.59 Å². The van der Waals surface area contributed by atoms with Gasteiger partial charge in [0.25, 0.3) is 0 Å². The van der Waals surface area contributed by atoms with Crippen molar-refractivity contribution in [3.63, 3.8) is 0 Å². The molecule has 1 saturated heterocycles. The maximum Gasteiger partial charge on any atom is 0.328 e. The molecule has 0 saturated carbocycles. The molecule has 0 aromatic heterocycles. The van der Waals surface area contributed by atoms with Gasteiger partial charge in [-0.2, -0.15) is 0 Å². The van der Waals surface area contributed by atoms with Gasteiger partial charge < -0.3 is 14.7 Å². The minimum absolute atomic E-state index is 0.0688. The van der Waals surface area contributed by atoms with E-state index in [-0.39, 0.29) is 12.5 Å². The SMILES string of the molecule is O=C(O)C1COCCN1C(=O)CCc1ccc(Br)cc1. The van der Waals surface area contributed by atoms with Crippen molar-refractivity contribution in [3.8, 4) is 0 Å². The number of carbonyl (C=O) groups is 2. The van der Waals surface area contributed by atoms with Crippen LogP contribution in [0.25, 0.3) is 0 Å². The molecule has 5 nitrogen and oxygen atoms in total. The molecule has 0 aliphatic carbocycles. The number of hydrogen-bond donors (Lipinski definition) is 1. The van der Waals surface area contributed by atoms with Crippen LogP contribution in [0.15, 0.2) is 28.7 Å². The van der Waals surface area contributed by atoms with Gasteiger partial charge in [0.15, 0.2) is 6.04 Å². The summed E-state index contributed by atoms with van der Waals surface area (Å²) >= 11 is 3.36. The Morgan fingerprint density at radius 2 is 2.05 bits per heavy atom. The second-order valence-electron chi connectivity index (χ2n) is 4.64. The van der Waals surface area contributed by atoms with E-state index in [2.05, 4.69) is 15.9 Å². The molecule has 1 fully saturated rings. The predicted octanol–water partition coefficient (Wildman–Crippen LogP) is 1.69. The number of carbonyl (C=O) groups excluding carboxylic acids is 1. The molecule has 1 unspecified atom stereocenters. The molecule has 1 aliphatic rings. The summed E-state index contributed by atoms with van der Waals surface area (Å²) < 4.78 is 6.11. The van der Waals surface area contributed by atoms with E-state index in [1.807, 2.05) is 24.3 Å². The van der Waals surface area contributed by atoms with Crippen LogP contribution in [0.5, 0.6) is 0 Å². The fourth-order valence-corrected chi connectivity index (χ4v) is 2.42. The van der Waals surface area contributed by atoms with Gasteiger partial charge in [-0.25, -0.2) is 4.79 Å². The third-order valence-electron chi connectivity index (χ3n) is 3.27. The number of carboxylic acids is 1. The number of rotatable bonds is 4. The van der Waals surface area contributed by atoms with Crippen molar-refractivity contribution >= 4 is 27.8 Å². The molecule has 1 N–H and O–H groups in total. The Labute approximate surface area is 125 Å². The number of hydrogen-bond acceptors (Lipinski definition) is 3. The molecule has 1 aromatic carbocycles. The van der Waals surface area contributed by atoms with Crippen molar-refractivity contribution in [3.05, 3.63) is 34.3 Å². The van der Waals surface area contributed by atoms with E-state index in [0.717, 1.165) is 10.0 Å². The van der Waals surface area contributed by atoms with E-state index in [1.54, 1.807) is 0 Å². The smallest absolute Gasteiger partial charge is 0.328 e. The predicted molar refractivity (Wildman–Crippen MR) is 76.4 cm³/mol. The van der Waals surface area contributed by atoms with E-state index < -0.39 is 12.0 Å². The van der Waals surface area contributed by atoms with Crippen LogP contribution in [-0.4, -0.2) is 47.7 Å². The summed E-state index contributed by atoms with van der Waals surface area (Å²) in [6.45, 7) is 0.809. The van der Waals surface area contributed by atoms with Crippen molar-refractivity contribution in [1.82, 2.24) is 4.90 Å². The lowest BCUT2D eigenvalue weighted by atomic mass is 10.1. The van der Waals surface area contributed by atoms with Gasteiger partial charge in [-0.1, -0.05) is 28.1 Å². The van der Waals surface area contributed by atoms with E-state index in [4.69, 9.17) is 9.84 Å². The Balaban J connectivity index is 1.93. The molecular weight excluding hydrogens is 326 g/mol. The van der Waals surface area contributed by atoms with E-state index in [1.165, 1.54) is 4.90 Å². The number of morpholine rings is 1. The van der Waals surface area contributed by atoms with Crippen LogP contribution < -0.4 is 0 Å². The monoisotopic (exact) mass is 341 g/mol. The molecule has 0 radical (unpaired) electrons. The first-order valence-electron chi connectivity index (χ1n) is 6.42. The topological polar surface area (TPSA) is 66.8 Å². The lowest BCUT2D eigenvalue weighted by molar-refractivity contribution is -0.158. The number of benzene rings is 1. The third-order valence-corrected chi connectivity index (χ3v) is 3.80. The van der Waals surface area contributed by atoms with Gasteiger partial charge in [0.2, 0.25) is 5.91 Å². The number of aliphatic carboxylic acids is 1. The standard InChI is InChI=1S/C14H16BrNO4/c15-11-4-1-10(2-5-11)3-6-13(17)16-7-8-20-9-12(16)14(18)19/h1-2,4-5,12H,3,6-9H2,(H,18,19). The first kappa shape index (κ1) is 15.0. The molecule has 2 rings (SSSR count). The zero-order chi connectivity index (χ0) is 14.5. The van der Waals surface area contributed by atoms with Crippen LogP contribution in [0.4, 0.5) is 0 Å². The molecule has 1 amide bonds. The minimum Gasteiger partial charge on any atom is -0.480 e. The lowest BCUT2D eigenvalue weighted by Crippen LogP contribution is -2.52. The van der Waals surface area contributed by atoms with Gasteiger partial charge in [-0.3, -0.25) is 4.79 Å². The molecule has 1 atom stereocenters. The highest BCUT2D eigenvalue weighted by molar-refractivity contribution is 9.10. The van der Waals surface area contributed by atoms with E-state index >= 15 is 0 Å². The summed E-state index contributed by atoms with van der Waals surface area (Å²) in [6, 6.07) is 6.89. The van der Waals surface area contributed by atoms with Crippen LogP contribution in [-0.2, 0) is 20.7 Å². The Morgan fingerprint density at radius 3 is 2.70 bits per heavy atom. The van der Waals surface area contributed by atoms with Gasteiger partial charge in [-0.15, -0.1) is 0 Å². The summed E-state index contributed by atoms with van der Waals surface area (Å²) in [7, 11) is 0. The first-order chi connectivity index (χ1) is 9.58. The Kier molecular flexibility index (Phi) is 5.14. The molecule has 6 heteroatoms. The lowest BCUT2D eigenvalue weighted by Gasteiger charge is -2.32. The Bertz CT molecular complexity index is 488. The largest absolute Gasteiger partial charge is 0.480 e. The van der Waals surface area contributed by atoms with Crippen molar-refractivity contribution in [1.29, 1.82) is 0 Å². The van der Waals surface area contributed by atoms with Gasteiger partial charge in [0, 0.05) is 17.4 Å². The van der Waals surface area contributed by atoms with Crippen LogP contribution in [0.2, 0.25) is 0 Å². The first-order valence-corrected chi connectivity index (χ1v) is 7.21. The zero-order valence-corrected chi connectivity index (χ0v) is 12.5. The fraction of sp³-hybridized carbons (Fsp3) is 0.429. The number of aryl methyl sites for hydroxylation is 1. The summed E-state index contributed by atoms with van der Waals surface area (Å²) in [5.41, 5.74) is 1.06. The second kappa shape index (κ2) is 6.85. The fourth-order valence-electron chi connectivity index (χ4n) is 2.15. The highest BCUT2D eigenvalue weighted by atomic mass is 79.9. The van der Waals surface area contributed by atoms with E-state index in [0.29, 0.717) is 26.0 Å². The maximum absolute atomic E-state index is 12.2. The molecule has 1 aliphatic heterocycles. The van der Waals surface area contributed by atoms with Crippen molar-refractivity contribution in [2.75, 3.05) is 19.8 Å². The quantitative estimate of drug-likeness (QED) is 0.904. The number of amides is 1. The van der Waals surface area contributed by atoms with Gasteiger partial charge in [0.1, 0.15) is 0 Å². The summed E-state index contributed by atoms with van der Waals surface area (Å²) in [6.07, 6.45) is 0.918. The number of halogens is 1. The van der Waals surface area contributed by atoms with Crippen molar-refractivity contribution in [2.24, 2.45) is 0 Å². The highest BCUT2D eigenvalue weighted by Crippen LogP contribution is 2.14. The average Bonchev–Trinajstić information content (AvgIpc) is 2.46.